The molecule has 0 spiro atoms. The SMILES string of the molecule is CN1CC2S(=O)C2(Cl)C1=O. The van der Waals surface area contributed by atoms with E-state index in [2.05, 4.69) is 0 Å². The predicted molar refractivity (Wildman–Crippen MR) is 38.2 cm³/mol. The molecule has 3 nitrogen and oxygen atoms in total. The first-order chi connectivity index (χ1) is 4.58. The molecule has 3 unspecified atom stereocenters. The van der Waals surface area contributed by atoms with Gasteiger partial charge in [-0.15, -0.1) is 0 Å². The minimum absolute atomic E-state index is 0.105. The Labute approximate surface area is 65.8 Å². The minimum atomic E-state index is -1.10. The Morgan fingerprint density at radius 1 is 1.90 bits per heavy atom. The minimum Gasteiger partial charge on any atom is -0.342 e. The number of rotatable bonds is 0. The summed E-state index contributed by atoms with van der Waals surface area (Å²) in [7, 11) is 0.577. The first kappa shape index (κ1) is 6.61. The highest BCUT2D eigenvalue weighted by Crippen LogP contribution is 2.51. The number of hydrogen-bond acceptors (Lipinski definition) is 2. The highest BCUT2D eigenvalue weighted by molar-refractivity contribution is 7.98. The van der Waals surface area contributed by atoms with E-state index in [9.17, 15) is 9.00 Å². The second-order valence-corrected chi connectivity index (χ2v) is 5.24. The quantitative estimate of drug-likeness (QED) is 0.372. The molecule has 0 saturated carbocycles. The fourth-order valence-electron chi connectivity index (χ4n) is 1.27. The van der Waals surface area contributed by atoms with Crippen molar-refractivity contribution in [2.45, 2.75) is 9.46 Å². The first-order valence-corrected chi connectivity index (χ1v) is 4.52. The summed E-state index contributed by atoms with van der Waals surface area (Å²) in [6.45, 7) is 0.551. The monoisotopic (exact) mass is 179 g/mol. The van der Waals surface area contributed by atoms with Crippen LogP contribution in [0, 0.1) is 0 Å². The van der Waals surface area contributed by atoms with Crippen molar-refractivity contribution < 1.29 is 9.00 Å². The number of carbonyl (C=O) groups is 1. The molecule has 0 bridgehead atoms. The molecule has 10 heavy (non-hydrogen) atoms. The molecule has 2 fully saturated rings. The van der Waals surface area contributed by atoms with Gasteiger partial charge < -0.3 is 4.90 Å². The van der Waals surface area contributed by atoms with Gasteiger partial charge >= 0.3 is 0 Å². The van der Waals surface area contributed by atoms with Crippen LogP contribution in [0.15, 0.2) is 0 Å². The van der Waals surface area contributed by atoms with Gasteiger partial charge in [0.2, 0.25) is 4.21 Å². The average molecular weight is 180 g/mol. The van der Waals surface area contributed by atoms with Crippen LogP contribution < -0.4 is 0 Å². The molecule has 0 aromatic carbocycles. The molecular weight excluding hydrogens is 174 g/mol. The zero-order valence-corrected chi connectivity index (χ0v) is 6.91. The van der Waals surface area contributed by atoms with Gasteiger partial charge in [-0.25, -0.2) is 0 Å². The van der Waals surface area contributed by atoms with E-state index in [4.69, 9.17) is 11.6 Å². The molecule has 56 valence electrons. The third kappa shape index (κ3) is 0.485. The van der Waals surface area contributed by atoms with Crippen LogP contribution in [-0.4, -0.2) is 38.1 Å². The molecule has 0 aromatic heterocycles. The van der Waals surface area contributed by atoms with Crippen LogP contribution in [0.5, 0.6) is 0 Å². The number of nitrogens with zero attached hydrogens (tertiary/aromatic N) is 1. The van der Waals surface area contributed by atoms with Crippen LogP contribution in [-0.2, 0) is 15.6 Å². The normalized spacial score (nSPS) is 51.4. The molecule has 2 rings (SSSR count). The van der Waals surface area contributed by atoms with Crippen LogP contribution in [0.4, 0.5) is 0 Å². The van der Waals surface area contributed by atoms with Crippen molar-refractivity contribution in [3.8, 4) is 0 Å². The fourth-order valence-corrected chi connectivity index (χ4v) is 3.43. The molecule has 2 aliphatic heterocycles. The summed E-state index contributed by atoms with van der Waals surface area (Å²) in [4.78, 5) is 12.6. The molecule has 3 atom stereocenters. The Hall–Kier alpha value is -0.0900. The molecule has 0 radical (unpaired) electrons. The number of likely N-dealkylation sites (tertiary alicyclic amines) is 1. The van der Waals surface area contributed by atoms with E-state index in [0.717, 1.165) is 0 Å². The summed E-state index contributed by atoms with van der Waals surface area (Å²) in [5.41, 5.74) is 0. The van der Waals surface area contributed by atoms with Gasteiger partial charge in [0.15, 0.2) is 0 Å². The Kier molecular flexibility index (Phi) is 1.03. The highest BCUT2D eigenvalue weighted by Gasteiger charge is 2.73. The molecule has 5 heteroatoms. The number of alkyl halides is 1. The van der Waals surface area contributed by atoms with Gasteiger partial charge in [-0.3, -0.25) is 9.00 Å². The second kappa shape index (κ2) is 1.56. The standard InChI is InChI=1S/C5H6ClNO2S/c1-7-2-3-5(6,4(7)8)10(3)9/h3H,2H2,1H3. The van der Waals surface area contributed by atoms with Crippen molar-refractivity contribution in [3.05, 3.63) is 0 Å². The van der Waals surface area contributed by atoms with E-state index in [1.54, 1.807) is 7.05 Å². The maximum Gasteiger partial charge on any atom is 0.257 e. The first-order valence-electron chi connectivity index (χ1n) is 2.93. The van der Waals surface area contributed by atoms with Crippen molar-refractivity contribution in [2.75, 3.05) is 13.6 Å². The number of carbonyl (C=O) groups excluding carboxylic acids is 1. The molecule has 2 saturated heterocycles. The number of fused-ring (bicyclic) bond motifs is 1. The Morgan fingerprint density at radius 3 is 2.80 bits per heavy atom. The molecule has 2 heterocycles. The van der Waals surface area contributed by atoms with Gasteiger partial charge in [-0.05, 0) is 0 Å². The van der Waals surface area contributed by atoms with Crippen LogP contribution in [0.25, 0.3) is 0 Å². The summed E-state index contributed by atoms with van der Waals surface area (Å²) >= 11 is 5.75. The number of hydrogen-bond donors (Lipinski definition) is 0. The van der Waals surface area contributed by atoms with Crippen LogP contribution in [0.2, 0.25) is 0 Å². The van der Waals surface area contributed by atoms with Crippen molar-refractivity contribution in [1.82, 2.24) is 4.90 Å². The van der Waals surface area contributed by atoms with Crippen molar-refractivity contribution >= 4 is 28.3 Å². The van der Waals surface area contributed by atoms with E-state index >= 15 is 0 Å². The third-order valence-electron chi connectivity index (χ3n) is 1.99. The maximum atomic E-state index is 11.1. The van der Waals surface area contributed by atoms with E-state index in [1.807, 2.05) is 0 Å². The maximum absolute atomic E-state index is 11.1. The zero-order chi connectivity index (χ0) is 7.52. The smallest absolute Gasteiger partial charge is 0.257 e. The molecule has 2 aliphatic rings. The summed E-state index contributed by atoms with van der Waals surface area (Å²) in [6, 6.07) is 0. The van der Waals surface area contributed by atoms with Crippen LogP contribution in [0.1, 0.15) is 0 Å². The third-order valence-corrected chi connectivity index (χ3v) is 4.81. The average Bonchev–Trinajstić information content (AvgIpc) is 2.29. The fraction of sp³-hybridized carbons (Fsp3) is 0.800. The summed E-state index contributed by atoms with van der Waals surface area (Å²) in [5.74, 6) is -0.183. The summed E-state index contributed by atoms with van der Waals surface area (Å²) in [6.07, 6.45) is 0. The summed E-state index contributed by atoms with van der Waals surface area (Å²) < 4.78 is 9.89. The lowest BCUT2D eigenvalue weighted by Crippen LogP contribution is -2.29. The van der Waals surface area contributed by atoms with Gasteiger partial charge in [0.05, 0.1) is 16.0 Å². The van der Waals surface area contributed by atoms with Crippen molar-refractivity contribution in [2.24, 2.45) is 0 Å². The van der Waals surface area contributed by atoms with E-state index < -0.39 is 15.0 Å². The lowest BCUT2D eigenvalue weighted by molar-refractivity contribution is -0.126. The van der Waals surface area contributed by atoms with Gasteiger partial charge in [0.25, 0.3) is 5.91 Å². The van der Waals surface area contributed by atoms with Gasteiger partial charge in [0.1, 0.15) is 0 Å². The lowest BCUT2D eigenvalue weighted by atomic mass is 10.4. The highest BCUT2D eigenvalue weighted by atomic mass is 35.5. The zero-order valence-electron chi connectivity index (χ0n) is 5.33. The number of halogens is 1. The summed E-state index contributed by atoms with van der Waals surface area (Å²) in [5, 5.41) is -0.105. The van der Waals surface area contributed by atoms with Crippen LogP contribution >= 0.6 is 11.6 Å². The van der Waals surface area contributed by atoms with E-state index in [1.165, 1.54) is 4.90 Å². The van der Waals surface area contributed by atoms with Crippen molar-refractivity contribution in [3.63, 3.8) is 0 Å². The van der Waals surface area contributed by atoms with E-state index in [-0.39, 0.29) is 11.2 Å². The lowest BCUT2D eigenvalue weighted by Gasteiger charge is -2.09. The molecule has 1 amide bonds. The van der Waals surface area contributed by atoms with Gasteiger partial charge in [-0.1, -0.05) is 11.6 Å². The van der Waals surface area contributed by atoms with Gasteiger partial charge in [0, 0.05) is 13.6 Å². The Morgan fingerprint density at radius 2 is 2.50 bits per heavy atom. The van der Waals surface area contributed by atoms with Crippen LogP contribution in [0.3, 0.4) is 0 Å². The molecule has 0 N–H and O–H groups in total. The second-order valence-electron chi connectivity index (χ2n) is 2.62. The topological polar surface area (TPSA) is 37.4 Å². The predicted octanol–water partition coefficient (Wildman–Crippen LogP) is -0.476. The van der Waals surface area contributed by atoms with Crippen molar-refractivity contribution in [1.29, 1.82) is 0 Å². The Bertz CT molecular complexity index is 244. The van der Waals surface area contributed by atoms with Gasteiger partial charge in [-0.2, -0.15) is 0 Å². The molecular formula is C5H6ClNO2S. The Balaban J connectivity index is 2.37. The number of amides is 1. The van der Waals surface area contributed by atoms with E-state index in [0.29, 0.717) is 6.54 Å². The molecule has 0 aromatic rings. The molecule has 0 aliphatic carbocycles. The largest absolute Gasteiger partial charge is 0.342 e.